The molecule has 1 amide bonds. The minimum Gasteiger partial charge on any atom is -0.322 e. The molecule has 9 heteroatoms. The van der Waals surface area contributed by atoms with Crippen LogP contribution in [0.4, 0.5) is 26.1 Å². The summed E-state index contributed by atoms with van der Waals surface area (Å²) in [6, 6.07) is 9.01. The van der Waals surface area contributed by atoms with Gasteiger partial charge in [0, 0.05) is 17.3 Å². The molecule has 0 unspecified atom stereocenters. The lowest BCUT2D eigenvalue weighted by Crippen LogP contribution is -2.15. The van der Waals surface area contributed by atoms with Crippen LogP contribution in [0.25, 0.3) is 0 Å². The van der Waals surface area contributed by atoms with Gasteiger partial charge in [0.1, 0.15) is 17.3 Å². The van der Waals surface area contributed by atoms with Gasteiger partial charge < -0.3 is 10.6 Å². The average Bonchev–Trinajstić information content (AvgIpc) is 2.61. The van der Waals surface area contributed by atoms with E-state index in [9.17, 15) is 13.6 Å². The molecule has 0 bridgehead atoms. The molecule has 3 aromatic rings. The Morgan fingerprint density at radius 2 is 1.81 bits per heavy atom. The molecule has 0 aliphatic carbocycles. The highest BCUT2D eigenvalue weighted by molar-refractivity contribution is 6.35. The van der Waals surface area contributed by atoms with E-state index < -0.39 is 17.5 Å². The topological polar surface area (TPSA) is 66.9 Å². The maximum atomic E-state index is 13.7. The summed E-state index contributed by atoms with van der Waals surface area (Å²) in [7, 11) is 0. The maximum Gasteiger partial charge on any atom is 0.274 e. The molecule has 0 aliphatic rings. The van der Waals surface area contributed by atoms with Gasteiger partial charge in [-0.1, -0.05) is 23.2 Å². The Balaban J connectivity index is 1.80. The first-order chi connectivity index (χ1) is 12.4. The van der Waals surface area contributed by atoms with Crippen molar-refractivity contribution in [3.8, 4) is 0 Å². The van der Waals surface area contributed by atoms with Gasteiger partial charge in [0.2, 0.25) is 5.95 Å². The quantitative estimate of drug-likeness (QED) is 0.648. The summed E-state index contributed by atoms with van der Waals surface area (Å²) in [5.41, 5.74) is 0.310. The Kier molecular flexibility index (Phi) is 5.29. The fourth-order valence-corrected chi connectivity index (χ4v) is 2.37. The second-order valence-electron chi connectivity index (χ2n) is 5.09. The number of carbonyl (C=O) groups is 1. The summed E-state index contributed by atoms with van der Waals surface area (Å²) in [6.07, 6.45) is 1.32. The van der Waals surface area contributed by atoms with Crippen molar-refractivity contribution in [1.82, 2.24) is 9.97 Å². The monoisotopic (exact) mass is 394 g/mol. The Morgan fingerprint density at radius 1 is 1.00 bits per heavy atom. The van der Waals surface area contributed by atoms with Crippen molar-refractivity contribution >= 4 is 46.4 Å². The van der Waals surface area contributed by atoms with Crippen molar-refractivity contribution in [2.75, 3.05) is 10.6 Å². The molecule has 0 saturated carbocycles. The summed E-state index contributed by atoms with van der Waals surface area (Å²) >= 11 is 11.9. The number of benzene rings is 2. The minimum atomic E-state index is -0.811. The van der Waals surface area contributed by atoms with Crippen molar-refractivity contribution in [3.05, 3.63) is 76.0 Å². The Hall–Kier alpha value is -2.77. The molecule has 0 saturated heterocycles. The first-order valence-corrected chi connectivity index (χ1v) is 7.99. The van der Waals surface area contributed by atoms with Gasteiger partial charge in [-0.25, -0.2) is 18.7 Å². The highest BCUT2D eigenvalue weighted by Crippen LogP contribution is 2.26. The average molecular weight is 395 g/mol. The lowest BCUT2D eigenvalue weighted by molar-refractivity contribution is 0.102. The molecule has 1 aromatic heterocycles. The number of rotatable bonds is 4. The molecule has 26 heavy (non-hydrogen) atoms. The molecule has 3 rings (SSSR count). The smallest absolute Gasteiger partial charge is 0.274 e. The van der Waals surface area contributed by atoms with Crippen LogP contribution in [0.2, 0.25) is 10.0 Å². The molecular formula is C17H10Cl2F2N4O. The molecule has 0 aliphatic heterocycles. The van der Waals surface area contributed by atoms with Crippen molar-refractivity contribution in [1.29, 1.82) is 0 Å². The van der Waals surface area contributed by atoms with Crippen LogP contribution in [0.15, 0.2) is 48.7 Å². The predicted octanol–water partition coefficient (Wildman–Crippen LogP) is 5.06. The van der Waals surface area contributed by atoms with E-state index in [0.717, 1.165) is 12.1 Å². The zero-order valence-electron chi connectivity index (χ0n) is 12.9. The zero-order chi connectivity index (χ0) is 18.7. The normalized spacial score (nSPS) is 10.5. The van der Waals surface area contributed by atoms with Crippen molar-refractivity contribution in [2.45, 2.75) is 0 Å². The number of nitrogens with zero attached hydrogens (tertiary/aromatic N) is 2. The number of hydrogen-bond donors (Lipinski definition) is 2. The zero-order valence-corrected chi connectivity index (χ0v) is 14.4. The van der Waals surface area contributed by atoms with E-state index in [2.05, 4.69) is 20.6 Å². The van der Waals surface area contributed by atoms with Crippen LogP contribution >= 0.6 is 23.2 Å². The fourth-order valence-electron chi connectivity index (χ4n) is 2.04. The SMILES string of the molecule is O=C(Nc1cc(Cl)ccc1Cl)c1ccnc(Nc2ccc(F)cc2F)n1. The largest absolute Gasteiger partial charge is 0.322 e. The molecule has 0 radical (unpaired) electrons. The molecule has 132 valence electrons. The van der Waals surface area contributed by atoms with E-state index in [1.807, 2.05) is 0 Å². The lowest BCUT2D eigenvalue weighted by atomic mass is 10.3. The van der Waals surface area contributed by atoms with Crippen LogP contribution in [0.1, 0.15) is 10.5 Å². The van der Waals surface area contributed by atoms with Gasteiger partial charge in [0.25, 0.3) is 5.91 Å². The van der Waals surface area contributed by atoms with Gasteiger partial charge in [-0.3, -0.25) is 4.79 Å². The highest BCUT2D eigenvalue weighted by Gasteiger charge is 2.13. The summed E-state index contributed by atoms with van der Waals surface area (Å²) in [5.74, 6) is -2.10. The van der Waals surface area contributed by atoms with E-state index in [1.165, 1.54) is 24.4 Å². The molecular weight excluding hydrogens is 385 g/mol. The third-order valence-corrected chi connectivity index (χ3v) is 3.81. The Bertz CT molecular complexity index is 985. The van der Waals surface area contributed by atoms with Gasteiger partial charge in [0.15, 0.2) is 0 Å². The number of anilines is 3. The van der Waals surface area contributed by atoms with Gasteiger partial charge in [0.05, 0.1) is 16.4 Å². The summed E-state index contributed by atoms with van der Waals surface area (Å²) < 4.78 is 26.7. The number of amides is 1. The van der Waals surface area contributed by atoms with Gasteiger partial charge in [-0.05, 0) is 36.4 Å². The first-order valence-electron chi connectivity index (χ1n) is 7.24. The van der Waals surface area contributed by atoms with Crippen LogP contribution in [0, 0.1) is 11.6 Å². The molecule has 0 atom stereocenters. The molecule has 2 N–H and O–H groups in total. The van der Waals surface area contributed by atoms with E-state index >= 15 is 0 Å². The van der Waals surface area contributed by atoms with Crippen LogP contribution in [0.3, 0.4) is 0 Å². The van der Waals surface area contributed by atoms with E-state index in [0.29, 0.717) is 15.7 Å². The third-order valence-electron chi connectivity index (χ3n) is 3.24. The molecule has 0 spiro atoms. The van der Waals surface area contributed by atoms with E-state index in [4.69, 9.17) is 23.2 Å². The molecule has 1 heterocycles. The number of hydrogen-bond acceptors (Lipinski definition) is 4. The standard InChI is InChI=1S/C17H10Cl2F2N4O/c18-9-1-3-11(19)15(7-9)23-16(26)14-5-6-22-17(25-14)24-13-4-2-10(20)8-12(13)21/h1-8H,(H,23,26)(H,22,24,25). The van der Waals surface area contributed by atoms with Crippen molar-refractivity contribution in [2.24, 2.45) is 0 Å². The van der Waals surface area contributed by atoms with Crippen LogP contribution in [-0.4, -0.2) is 15.9 Å². The second-order valence-corrected chi connectivity index (χ2v) is 5.94. The minimum absolute atomic E-state index is 0.0149. The summed E-state index contributed by atoms with van der Waals surface area (Å²) in [6.45, 7) is 0. The van der Waals surface area contributed by atoms with E-state index in [-0.39, 0.29) is 17.3 Å². The van der Waals surface area contributed by atoms with Crippen molar-refractivity contribution in [3.63, 3.8) is 0 Å². The summed E-state index contributed by atoms with van der Waals surface area (Å²) in [4.78, 5) is 20.3. The molecule has 5 nitrogen and oxygen atoms in total. The molecule has 0 fully saturated rings. The predicted molar refractivity (Wildman–Crippen MR) is 96.1 cm³/mol. The summed E-state index contributed by atoms with van der Waals surface area (Å²) in [5, 5.41) is 5.88. The van der Waals surface area contributed by atoms with Crippen LogP contribution in [0.5, 0.6) is 0 Å². The highest BCUT2D eigenvalue weighted by atomic mass is 35.5. The maximum absolute atomic E-state index is 13.7. The lowest BCUT2D eigenvalue weighted by Gasteiger charge is -2.09. The van der Waals surface area contributed by atoms with Crippen LogP contribution in [-0.2, 0) is 0 Å². The number of halogens is 4. The number of carbonyl (C=O) groups excluding carboxylic acids is 1. The van der Waals surface area contributed by atoms with Crippen molar-refractivity contribution < 1.29 is 13.6 Å². The van der Waals surface area contributed by atoms with Gasteiger partial charge in [-0.2, -0.15) is 0 Å². The first kappa shape index (κ1) is 18.0. The van der Waals surface area contributed by atoms with Crippen LogP contribution < -0.4 is 10.6 Å². The number of aromatic nitrogens is 2. The third kappa shape index (κ3) is 4.25. The Morgan fingerprint density at radius 3 is 2.58 bits per heavy atom. The molecule has 2 aromatic carbocycles. The second kappa shape index (κ2) is 7.63. The Labute approximate surface area is 157 Å². The van der Waals surface area contributed by atoms with Gasteiger partial charge >= 0.3 is 0 Å². The fraction of sp³-hybridized carbons (Fsp3) is 0. The van der Waals surface area contributed by atoms with Gasteiger partial charge in [-0.15, -0.1) is 0 Å². The number of nitrogens with one attached hydrogen (secondary N) is 2. The van der Waals surface area contributed by atoms with E-state index in [1.54, 1.807) is 12.1 Å².